The van der Waals surface area contributed by atoms with Gasteiger partial charge in [0.05, 0.1) is 5.52 Å². The van der Waals surface area contributed by atoms with Crippen molar-refractivity contribution in [1.82, 2.24) is 14.5 Å². The van der Waals surface area contributed by atoms with Crippen LogP contribution in [0.25, 0.3) is 11.0 Å². The van der Waals surface area contributed by atoms with Gasteiger partial charge in [0.2, 0.25) is 0 Å². The molecule has 0 spiro atoms. The number of nitrogen functional groups attached to an aromatic ring is 1. The number of hydrogen-bond acceptors (Lipinski definition) is 4. The van der Waals surface area contributed by atoms with Gasteiger partial charge in [-0.05, 0) is 55.6 Å². The van der Waals surface area contributed by atoms with E-state index < -0.39 is 0 Å². The molecule has 25 heavy (non-hydrogen) atoms. The van der Waals surface area contributed by atoms with Crippen molar-refractivity contribution >= 4 is 28.6 Å². The van der Waals surface area contributed by atoms with E-state index in [2.05, 4.69) is 46.8 Å². The third kappa shape index (κ3) is 3.66. The van der Waals surface area contributed by atoms with Crippen LogP contribution in [0.4, 0.5) is 5.82 Å². The number of imidazole rings is 1. The van der Waals surface area contributed by atoms with E-state index in [-0.39, 0.29) is 0 Å². The minimum absolute atomic E-state index is 0.551. The number of rotatable bonds is 7. The molecule has 1 fully saturated rings. The molecule has 1 aliphatic rings. The molecular formula is C20H24N4S. The summed E-state index contributed by atoms with van der Waals surface area (Å²) in [5.74, 6) is 3.65. The molecule has 0 radical (unpaired) electrons. The van der Waals surface area contributed by atoms with E-state index in [1.165, 1.54) is 29.1 Å². The smallest absolute Gasteiger partial charge is 0.151 e. The lowest BCUT2D eigenvalue weighted by Gasteiger charge is -2.10. The van der Waals surface area contributed by atoms with E-state index in [1.807, 2.05) is 18.0 Å². The van der Waals surface area contributed by atoms with Gasteiger partial charge in [-0.2, -0.15) is 0 Å². The molecule has 5 heteroatoms. The molecule has 2 heterocycles. The van der Waals surface area contributed by atoms with Gasteiger partial charge < -0.3 is 10.3 Å². The standard InChI is InChI=1S/C20H24N4S/c1-14-13-22-20(21)18-19(14)24(17(23-18)12-15-8-9-15)10-5-11-25-16-6-3-2-4-7-16/h2-4,6-7,13,15H,5,8-12H2,1H3,(H2,21,22). The molecule has 0 unspecified atom stereocenters. The number of aromatic nitrogens is 3. The Kier molecular flexibility index (Phi) is 4.66. The molecule has 0 aliphatic heterocycles. The van der Waals surface area contributed by atoms with Crippen LogP contribution in [0.5, 0.6) is 0 Å². The minimum Gasteiger partial charge on any atom is -0.382 e. The topological polar surface area (TPSA) is 56.7 Å². The Hall–Kier alpha value is -2.01. The van der Waals surface area contributed by atoms with E-state index in [9.17, 15) is 0 Å². The average Bonchev–Trinajstić information content (AvgIpc) is 3.36. The van der Waals surface area contributed by atoms with Crippen LogP contribution in [0.3, 0.4) is 0 Å². The Morgan fingerprint density at radius 1 is 1.24 bits per heavy atom. The lowest BCUT2D eigenvalue weighted by atomic mass is 10.2. The van der Waals surface area contributed by atoms with Crippen LogP contribution in [0, 0.1) is 12.8 Å². The molecule has 4 rings (SSSR count). The summed E-state index contributed by atoms with van der Waals surface area (Å²) < 4.78 is 2.40. The fourth-order valence-electron chi connectivity index (χ4n) is 3.27. The second kappa shape index (κ2) is 7.08. The molecule has 0 bridgehead atoms. The summed E-state index contributed by atoms with van der Waals surface area (Å²) in [5.41, 5.74) is 9.31. The highest BCUT2D eigenvalue weighted by atomic mass is 32.2. The lowest BCUT2D eigenvalue weighted by molar-refractivity contribution is 0.634. The van der Waals surface area contributed by atoms with E-state index >= 15 is 0 Å². The van der Waals surface area contributed by atoms with Crippen LogP contribution in [-0.4, -0.2) is 20.3 Å². The predicted molar refractivity (Wildman–Crippen MR) is 105 cm³/mol. The van der Waals surface area contributed by atoms with Crippen LogP contribution in [0.1, 0.15) is 30.7 Å². The highest BCUT2D eigenvalue weighted by Gasteiger charge is 2.25. The molecule has 0 amide bonds. The van der Waals surface area contributed by atoms with Gasteiger partial charge in [0.1, 0.15) is 11.3 Å². The normalized spacial score (nSPS) is 14.3. The van der Waals surface area contributed by atoms with Crippen LogP contribution in [-0.2, 0) is 13.0 Å². The maximum absolute atomic E-state index is 6.09. The number of hydrogen-bond donors (Lipinski definition) is 1. The predicted octanol–water partition coefficient (Wildman–Crippen LogP) is 4.46. The highest BCUT2D eigenvalue weighted by Crippen LogP contribution is 2.34. The molecule has 1 aliphatic carbocycles. The molecule has 0 atom stereocenters. The first-order valence-electron chi connectivity index (χ1n) is 9.00. The van der Waals surface area contributed by atoms with Gasteiger partial charge in [-0.3, -0.25) is 0 Å². The lowest BCUT2D eigenvalue weighted by Crippen LogP contribution is -2.06. The van der Waals surface area contributed by atoms with Gasteiger partial charge in [-0.1, -0.05) is 18.2 Å². The summed E-state index contributed by atoms with van der Waals surface area (Å²) in [7, 11) is 0. The fourth-order valence-corrected chi connectivity index (χ4v) is 4.13. The van der Waals surface area contributed by atoms with Crippen molar-refractivity contribution in [2.75, 3.05) is 11.5 Å². The third-order valence-electron chi connectivity index (χ3n) is 4.77. The number of aryl methyl sites for hydroxylation is 2. The van der Waals surface area contributed by atoms with Crippen molar-refractivity contribution in [3.63, 3.8) is 0 Å². The highest BCUT2D eigenvalue weighted by molar-refractivity contribution is 7.99. The Bertz CT molecular complexity index is 868. The van der Waals surface area contributed by atoms with Crippen molar-refractivity contribution < 1.29 is 0 Å². The molecule has 3 aromatic rings. The van der Waals surface area contributed by atoms with Crippen molar-refractivity contribution in [3.05, 3.63) is 47.9 Å². The summed E-state index contributed by atoms with van der Waals surface area (Å²) in [4.78, 5) is 10.5. The zero-order valence-electron chi connectivity index (χ0n) is 14.6. The van der Waals surface area contributed by atoms with E-state index in [0.29, 0.717) is 5.82 Å². The molecule has 4 nitrogen and oxygen atoms in total. The maximum atomic E-state index is 6.09. The molecule has 1 aromatic carbocycles. The first-order valence-corrected chi connectivity index (χ1v) is 9.99. The summed E-state index contributed by atoms with van der Waals surface area (Å²) in [5, 5.41) is 0. The zero-order chi connectivity index (χ0) is 17.2. The van der Waals surface area contributed by atoms with Gasteiger partial charge in [-0.15, -0.1) is 11.8 Å². The minimum atomic E-state index is 0.551. The number of benzene rings is 1. The third-order valence-corrected chi connectivity index (χ3v) is 5.86. The van der Waals surface area contributed by atoms with Crippen molar-refractivity contribution in [2.24, 2.45) is 5.92 Å². The van der Waals surface area contributed by atoms with E-state index in [1.54, 1.807) is 0 Å². The fraction of sp³-hybridized carbons (Fsp3) is 0.400. The molecule has 1 saturated carbocycles. The number of pyridine rings is 1. The van der Waals surface area contributed by atoms with Crippen molar-refractivity contribution in [2.45, 2.75) is 44.0 Å². The van der Waals surface area contributed by atoms with Gasteiger partial charge in [0, 0.05) is 24.1 Å². The van der Waals surface area contributed by atoms with Gasteiger partial charge in [0.15, 0.2) is 5.82 Å². The van der Waals surface area contributed by atoms with Crippen molar-refractivity contribution in [3.8, 4) is 0 Å². The van der Waals surface area contributed by atoms with Gasteiger partial charge >= 0.3 is 0 Å². The van der Waals surface area contributed by atoms with Crippen molar-refractivity contribution in [1.29, 1.82) is 0 Å². The zero-order valence-corrected chi connectivity index (χ0v) is 15.4. The molecule has 130 valence electrons. The number of nitrogens with zero attached hydrogens (tertiary/aromatic N) is 3. The van der Waals surface area contributed by atoms with E-state index in [0.717, 1.165) is 42.1 Å². The number of anilines is 1. The monoisotopic (exact) mass is 352 g/mol. The first-order chi connectivity index (χ1) is 12.2. The number of fused-ring (bicyclic) bond motifs is 1. The Morgan fingerprint density at radius 3 is 2.80 bits per heavy atom. The van der Waals surface area contributed by atoms with Crippen LogP contribution < -0.4 is 5.73 Å². The number of thioether (sulfide) groups is 1. The molecule has 2 aromatic heterocycles. The van der Waals surface area contributed by atoms with Gasteiger partial charge in [-0.25, -0.2) is 9.97 Å². The SMILES string of the molecule is Cc1cnc(N)c2nc(CC3CC3)n(CCCSc3ccccc3)c12. The molecule has 0 saturated heterocycles. The first kappa shape index (κ1) is 16.5. The van der Waals surface area contributed by atoms with E-state index in [4.69, 9.17) is 10.7 Å². The summed E-state index contributed by atoms with van der Waals surface area (Å²) in [6.45, 7) is 3.09. The largest absolute Gasteiger partial charge is 0.382 e. The summed E-state index contributed by atoms with van der Waals surface area (Å²) >= 11 is 1.92. The summed E-state index contributed by atoms with van der Waals surface area (Å²) in [6, 6.07) is 10.6. The van der Waals surface area contributed by atoms with Gasteiger partial charge in [0.25, 0.3) is 0 Å². The Balaban J connectivity index is 1.53. The second-order valence-corrected chi connectivity index (χ2v) is 8.03. The molecule has 2 N–H and O–H groups in total. The number of nitrogens with two attached hydrogens (primary N) is 1. The average molecular weight is 353 g/mol. The summed E-state index contributed by atoms with van der Waals surface area (Å²) in [6.07, 6.45) is 6.72. The second-order valence-electron chi connectivity index (χ2n) is 6.87. The van der Waals surface area contributed by atoms with Crippen LogP contribution >= 0.6 is 11.8 Å². The maximum Gasteiger partial charge on any atom is 0.151 e. The Labute approximate surface area is 152 Å². The van der Waals surface area contributed by atoms with Crippen LogP contribution in [0.2, 0.25) is 0 Å². The van der Waals surface area contributed by atoms with Crippen LogP contribution in [0.15, 0.2) is 41.4 Å². The quantitative estimate of drug-likeness (QED) is 0.504. The Morgan fingerprint density at radius 2 is 2.04 bits per heavy atom. The molecular weight excluding hydrogens is 328 g/mol.